The highest BCUT2D eigenvalue weighted by molar-refractivity contribution is 6.01. The molecule has 0 amide bonds. The standard InChI is InChI=1S/C11H5F3O4/c1-3(15)6-9(16)4-2-5(12)7(13)8(14)10(4)18-11(6)17/h2,16H,1H3. The van der Waals surface area contributed by atoms with Gasteiger partial charge in [0.2, 0.25) is 5.82 Å². The van der Waals surface area contributed by atoms with Gasteiger partial charge in [0.1, 0.15) is 11.3 Å². The third-order valence-electron chi connectivity index (χ3n) is 2.36. The predicted molar refractivity (Wildman–Crippen MR) is 54.0 cm³/mol. The first-order chi connectivity index (χ1) is 8.34. The van der Waals surface area contributed by atoms with Crippen LogP contribution >= 0.6 is 0 Å². The molecule has 0 aliphatic rings. The number of Topliss-reactive ketones (excluding diaryl/α,β-unsaturated/α-hetero) is 1. The summed E-state index contributed by atoms with van der Waals surface area (Å²) in [6.07, 6.45) is 0. The SMILES string of the molecule is CC(=O)c1c(O)c2cc(F)c(F)c(F)c2oc1=O. The Morgan fingerprint density at radius 2 is 1.89 bits per heavy atom. The molecule has 0 bridgehead atoms. The third-order valence-corrected chi connectivity index (χ3v) is 2.36. The summed E-state index contributed by atoms with van der Waals surface area (Å²) in [4.78, 5) is 22.4. The van der Waals surface area contributed by atoms with E-state index in [0.29, 0.717) is 6.07 Å². The van der Waals surface area contributed by atoms with Gasteiger partial charge in [0.15, 0.2) is 23.0 Å². The fourth-order valence-corrected chi connectivity index (χ4v) is 1.54. The molecule has 2 aromatic rings. The molecular formula is C11H5F3O4. The molecule has 1 N–H and O–H groups in total. The number of aromatic hydroxyl groups is 1. The van der Waals surface area contributed by atoms with E-state index >= 15 is 0 Å². The van der Waals surface area contributed by atoms with Crippen molar-refractivity contribution in [2.24, 2.45) is 0 Å². The van der Waals surface area contributed by atoms with Crippen LogP contribution in [0.4, 0.5) is 13.2 Å². The molecule has 0 atom stereocenters. The second-order valence-electron chi connectivity index (χ2n) is 3.53. The van der Waals surface area contributed by atoms with Crippen LogP contribution in [0.25, 0.3) is 11.0 Å². The zero-order valence-electron chi connectivity index (χ0n) is 8.88. The number of hydrogen-bond donors (Lipinski definition) is 1. The Kier molecular flexibility index (Phi) is 2.61. The molecule has 0 saturated carbocycles. The van der Waals surface area contributed by atoms with Gasteiger partial charge in [-0.3, -0.25) is 4.79 Å². The molecule has 1 heterocycles. The van der Waals surface area contributed by atoms with Crippen molar-refractivity contribution in [3.63, 3.8) is 0 Å². The molecule has 0 saturated heterocycles. The van der Waals surface area contributed by atoms with Gasteiger partial charge in [-0.25, -0.2) is 13.6 Å². The molecule has 0 aliphatic heterocycles. The summed E-state index contributed by atoms with van der Waals surface area (Å²) < 4.78 is 43.6. The number of carbonyl (C=O) groups is 1. The van der Waals surface area contributed by atoms with Crippen molar-refractivity contribution < 1.29 is 27.5 Å². The molecule has 1 aromatic heterocycles. The lowest BCUT2D eigenvalue weighted by molar-refractivity contribution is 0.101. The molecule has 7 heteroatoms. The van der Waals surface area contributed by atoms with E-state index in [4.69, 9.17) is 0 Å². The Bertz CT molecular complexity index is 733. The summed E-state index contributed by atoms with van der Waals surface area (Å²) >= 11 is 0. The highest BCUT2D eigenvalue weighted by Gasteiger charge is 2.23. The van der Waals surface area contributed by atoms with Gasteiger partial charge in [0.25, 0.3) is 0 Å². The quantitative estimate of drug-likeness (QED) is 0.483. The highest BCUT2D eigenvalue weighted by atomic mass is 19.2. The van der Waals surface area contributed by atoms with E-state index in [9.17, 15) is 27.9 Å². The number of benzene rings is 1. The van der Waals surface area contributed by atoms with Crippen molar-refractivity contribution in [2.75, 3.05) is 0 Å². The molecule has 2 rings (SSSR count). The molecule has 0 unspecified atom stereocenters. The summed E-state index contributed by atoms with van der Waals surface area (Å²) in [5.74, 6) is -6.92. The summed E-state index contributed by atoms with van der Waals surface area (Å²) in [6.45, 7) is 0.966. The lowest BCUT2D eigenvalue weighted by Gasteiger charge is -2.05. The third kappa shape index (κ3) is 1.55. The number of rotatable bonds is 1. The minimum Gasteiger partial charge on any atom is -0.506 e. The Labute approximate surface area is 97.3 Å². The van der Waals surface area contributed by atoms with Crippen LogP contribution in [0.15, 0.2) is 15.3 Å². The smallest absolute Gasteiger partial charge is 0.351 e. The van der Waals surface area contributed by atoms with Crippen LogP contribution in [-0.2, 0) is 0 Å². The first-order valence-electron chi connectivity index (χ1n) is 4.68. The fourth-order valence-electron chi connectivity index (χ4n) is 1.54. The second-order valence-corrected chi connectivity index (χ2v) is 3.53. The second kappa shape index (κ2) is 3.86. The van der Waals surface area contributed by atoms with E-state index in [2.05, 4.69) is 4.42 Å². The van der Waals surface area contributed by atoms with Crippen molar-refractivity contribution in [1.29, 1.82) is 0 Å². The van der Waals surface area contributed by atoms with E-state index in [1.165, 1.54) is 0 Å². The minimum atomic E-state index is -1.83. The van der Waals surface area contributed by atoms with E-state index in [1.807, 2.05) is 0 Å². The highest BCUT2D eigenvalue weighted by Crippen LogP contribution is 2.30. The molecule has 0 radical (unpaired) electrons. The topological polar surface area (TPSA) is 67.5 Å². The molecule has 18 heavy (non-hydrogen) atoms. The van der Waals surface area contributed by atoms with Crippen molar-refractivity contribution in [2.45, 2.75) is 6.92 Å². The summed E-state index contributed by atoms with van der Waals surface area (Å²) in [5.41, 5.74) is -3.01. The first kappa shape index (κ1) is 12.2. The van der Waals surface area contributed by atoms with Gasteiger partial charge in [-0.1, -0.05) is 0 Å². The van der Waals surface area contributed by atoms with Crippen LogP contribution in [0.1, 0.15) is 17.3 Å². The maximum atomic E-state index is 13.3. The van der Waals surface area contributed by atoms with Gasteiger partial charge >= 0.3 is 5.63 Å². The first-order valence-corrected chi connectivity index (χ1v) is 4.68. The molecule has 0 aliphatic carbocycles. The molecule has 94 valence electrons. The Hall–Kier alpha value is -2.31. The lowest BCUT2D eigenvalue weighted by atomic mass is 10.1. The molecular weight excluding hydrogens is 253 g/mol. The van der Waals surface area contributed by atoms with Gasteiger partial charge in [0.05, 0.1) is 5.39 Å². The molecule has 1 aromatic carbocycles. The largest absolute Gasteiger partial charge is 0.506 e. The number of halogens is 3. The van der Waals surface area contributed by atoms with Crippen molar-refractivity contribution in [1.82, 2.24) is 0 Å². The Balaban J connectivity index is 3.06. The lowest BCUT2D eigenvalue weighted by Crippen LogP contribution is -2.12. The zero-order valence-corrected chi connectivity index (χ0v) is 8.88. The normalized spacial score (nSPS) is 10.9. The van der Waals surface area contributed by atoms with E-state index in [-0.39, 0.29) is 0 Å². The molecule has 4 nitrogen and oxygen atoms in total. The van der Waals surface area contributed by atoms with Gasteiger partial charge in [0, 0.05) is 0 Å². The van der Waals surface area contributed by atoms with E-state index in [0.717, 1.165) is 6.92 Å². The van der Waals surface area contributed by atoms with Crippen molar-refractivity contribution >= 4 is 16.8 Å². The number of carbonyl (C=O) groups excluding carboxylic acids is 1. The maximum Gasteiger partial charge on any atom is 0.351 e. The number of hydrogen-bond acceptors (Lipinski definition) is 4. The number of ketones is 1. The summed E-state index contributed by atoms with van der Waals surface area (Å²) in [7, 11) is 0. The van der Waals surface area contributed by atoms with Crippen LogP contribution in [0.3, 0.4) is 0 Å². The van der Waals surface area contributed by atoms with Gasteiger partial charge in [-0.15, -0.1) is 0 Å². The van der Waals surface area contributed by atoms with Gasteiger partial charge in [-0.05, 0) is 13.0 Å². The maximum absolute atomic E-state index is 13.3. The predicted octanol–water partition coefficient (Wildman–Crippen LogP) is 2.12. The van der Waals surface area contributed by atoms with Crippen LogP contribution < -0.4 is 5.63 Å². The summed E-state index contributed by atoms with van der Waals surface area (Å²) in [5, 5.41) is 9.02. The van der Waals surface area contributed by atoms with Gasteiger partial charge < -0.3 is 9.52 Å². The average Bonchev–Trinajstić information content (AvgIpc) is 2.28. The van der Waals surface area contributed by atoms with Gasteiger partial charge in [-0.2, -0.15) is 4.39 Å². The zero-order chi connectivity index (χ0) is 13.6. The summed E-state index contributed by atoms with van der Waals surface area (Å²) in [6, 6.07) is 0.443. The Morgan fingerprint density at radius 3 is 2.44 bits per heavy atom. The van der Waals surface area contributed by atoms with Crippen molar-refractivity contribution in [3.05, 3.63) is 39.5 Å². The van der Waals surface area contributed by atoms with Crippen LogP contribution in [-0.4, -0.2) is 10.9 Å². The molecule has 0 spiro atoms. The Morgan fingerprint density at radius 1 is 1.28 bits per heavy atom. The van der Waals surface area contributed by atoms with Crippen LogP contribution in [0.2, 0.25) is 0 Å². The van der Waals surface area contributed by atoms with E-state index < -0.39 is 51.1 Å². The molecule has 0 fully saturated rings. The minimum absolute atomic E-state index is 0.443. The fraction of sp³-hybridized carbons (Fsp3) is 0.0909. The average molecular weight is 258 g/mol. The monoisotopic (exact) mass is 258 g/mol. The van der Waals surface area contributed by atoms with E-state index in [1.54, 1.807) is 0 Å². The number of fused-ring (bicyclic) bond motifs is 1. The van der Waals surface area contributed by atoms with Crippen LogP contribution in [0, 0.1) is 17.5 Å². The van der Waals surface area contributed by atoms with Crippen molar-refractivity contribution in [3.8, 4) is 5.75 Å². The van der Waals surface area contributed by atoms with Crippen LogP contribution in [0.5, 0.6) is 5.75 Å².